The molecule has 0 bridgehead atoms. The summed E-state index contributed by atoms with van der Waals surface area (Å²) in [6.45, 7) is 3.51. The Morgan fingerprint density at radius 3 is 2.33 bits per heavy atom. The first-order valence-corrected chi connectivity index (χ1v) is 5.46. The molecule has 1 atom stereocenters. The number of hydrogen-bond donors (Lipinski definition) is 2. The second kappa shape index (κ2) is 5.58. The lowest BCUT2D eigenvalue weighted by molar-refractivity contribution is -0.140. The Labute approximate surface area is 104 Å². The lowest BCUT2D eigenvalue weighted by Gasteiger charge is -2.21. The topological polar surface area (TPSA) is 47.3 Å². The Morgan fingerprint density at radius 1 is 1.28 bits per heavy atom. The Morgan fingerprint density at radius 2 is 1.89 bits per heavy atom. The fourth-order valence-electron chi connectivity index (χ4n) is 1.90. The maximum atomic E-state index is 12.4. The molecule has 1 aromatic carbocycles. The molecular weight excluding hydrogens is 245 g/mol. The molecule has 0 aromatic heterocycles. The van der Waals surface area contributed by atoms with E-state index in [0.717, 1.165) is 5.56 Å². The van der Waals surface area contributed by atoms with Gasteiger partial charge < -0.3 is 4.74 Å². The molecule has 102 valence electrons. The maximum Gasteiger partial charge on any atom is 0.390 e. The minimum Gasteiger partial charge on any atom is -0.496 e. The van der Waals surface area contributed by atoms with Crippen LogP contribution in [0.5, 0.6) is 5.75 Å². The number of ether oxygens (including phenoxy) is 1. The monoisotopic (exact) mass is 262 g/mol. The van der Waals surface area contributed by atoms with Gasteiger partial charge in [0.15, 0.2) is 0 Å². The van der Waals surface area contributed by atoms with Gasteiger partial charge in [-0.25, -0.2) is 0 Å². The minimum atomic E-state index is -4.27. The molecule has 0 radical (unpaired) electrons. The van der Waals surface area contributed by atoms with Gasteiger partial charge in [0.1, 0.15) is 5.75 Å². The van der Waals surface area contributed by atoms with Crippen molar-refractivity contribution in [2.24, 2.45) is 5.84 Å². The Kier molecular flexibility index (Phi) is 4.59. The number of nitrogens with two attached hydrogens (primary N) is 1. The van der Waals surface area contributed by atoms with Crippen molar-refractivity contribution in [3.8, 4) is 5.75 Å². The zero-order chi connectivity index (χ0) is 13.9. The number of methoxy groups -OCH3 is 1. The van der Waals surface area contributed by atoms with Crippen LogP contribution in [-0.2, 0) is 0 Å². The fraction of sp³-hybridized carbons (Fsp3) is 0.500. The highest BCUT2D eigenvalue weighted by atomic mass is 19.4. The summed E-state index contributed by atoms with van der Waals surface area (Å²) in [4.78, 5) is 0. The van der Waals surface area contributed by atoms with Crippen molar-refractivity contribution < 1.29 is 17.9 Å². The average Bonchev–Trinajstić information content (AvgIpc) is 2.27. The second-order valence-electron chi connectivity index (χ2n) is 4.22. The fourth-order valence-corrected chi connectivity index (χ4v) is 1.90. The summed E-state index contributed by atoms with van der Waals surface area (Å²) in [5.41, 5.74) is 4.25. The SMILES string of the molecule is COc1cc(C)c(C(CC(F)(F)F)NN)cc1C. The van der Waals surface area contributed by atoms with Gasteiger partial charge in [0.25, 0.3) is 0 Å². The van der Waals surface area contributed by atoms with Crippen molar-refractivity contribution in [3.63, 3.8) is 0 Å². The van der Waals surface area contributed by atoms with Gasteiger partial charge in [0, 0.05) is 0 Å². The molecule has 1 rings (SSSR count). The molecular formula is C12H17F3N2O. The van der Waals surface area contributed by atoms with E-state index >= 15 is 0 Å². The number of benzene rings is 1. The first-order chi connectivity index (χ1) is 8.28. The number of hydrazine groups is 1. The van der Waals surface area contributed by atoms with Crippen molar-refractivity contribution in [3.05, 3.63) is 28.8 Å². The van der Waals surface area contributed by atoms with E-state index in [4.69, 9.17) is 10.6 Å². The second-order valence-corrected chi connectivity index (χ2v) is 4.22. The molecule has 0 saturated carbocycles. The van der Waals surface area contributed by atoms with Crippen molar-refractivity contribution >= 4 is 0 Å². The van der Waals surface area contributed by atoms with Gasteiger partial charge in [0.05, 0.1) is 19.6 Å². The molecule has 0 spiro atoms. The smallest absolute Gasteiger partial charge is 0.390 e. The third-order valence-electron chi connectivity index (χ3n) is 2.80. The van der Waals surface area contributed by atoms with Crippen LogP contribution in [0.3, 0.4) is 0 Å². The molecule has 1 unspecified atom stereocenters. The summed E-state index contributed by atoms with van der Waals surface area (Å²) in [7, 11) is 1.52. The van der Waals surface area contributed by atoms with Crippen LogP contribution in [-0.4, -0.2) is 13.3 Å². The third kappa shape index (κ3) is 3.61. The summed E-state index contributed by atoms with van der Waals surface area (Å²) >= 11 is 0. The van der Waals surface area contributed by atoms with E-state index in [1.807, 2.05) is 0 Å². The quantitative estimate of drug-likeness (QED) is 0.648. The van der Waals surface area contributed by atoms with Gasteiger partial charge in [-0.3, -0.25) is 11.3 Å². The van der Waals surface area contributed by atoms with Crippen LogP contribution in [0.1, 0.15) is 29.2 Å². The molecule has 0 saturated heterocycles. The molecule has 0 aliphatic heterocycles. The molecule has 0 aliphatic carbocycles. The Hall–Kier alpha value is -1.27. The molecule has 6 heteroatoms. The number of alkyl halides is 3. The Bertz CT molecular complexity index is 419. The summed E-state index contributed by atoms with van der Waals surface area (Å²) in [6.07, 6.45) is -5.27. The van der Waals surface area contributed by atoms with E-state index in [1.165, 1.54) is 7.11 Å². The molecule has 0 heterocycles. The van der Waals surface area contributed by atoms with E-state index in [-0.39, 0.29) is 0 Å². The first-order valence-electron chi connectivity index (χ1n) is 5.46. The highest BCUT2D eigenvalue weighted by Gasteiger charge is 2.32. The Balaban J connectivity index is 3.10. The van der Waals surface area contributed by atoms with Gasteiger partial charge in [0.2, 0.25) is 0 Å². The van der Waals surface area contributed by atoms with Gasteiger partial charge in [-0.05, 0) is 36.6 Å². The van der Waals surface area contributed by atoms with Crippen molar-refractivity contribution in [1.29, 1.82) is 0 Å². The summed E-state index contributed by atoms with van der Waals surface area (Å²) in [5, 5.41) is 0. The summed E-state index contributed by atoms with van der Waals surface area (Å²) in [5.74, 6) is 5.87. The number of halogens is 3. The zero-order valence-electron chi connectivity index (χ0n) is 10.6. The average molecular weight is 262 g/mol. The maximum absolute atomic E-state index is 12.4. The van der Waals surface area contributed by atoms with E-state index < -0.39 is 18.6 Å². The first kappa shape index (κ1) is 14.8. The van der Waals surface area contributed by atoms with Crippen LogP contribution in [0.25, 0.3) is 0 Å². The van der Waals surface area contributed by atoms with Gasteiger partial charge in [-0.15, -0.1) is 0 Å². The number of aryl methyl sites for hydroxylation is 2. The van der Waals surface area contributed by atoms with E-state index in [1.54, 1.807) is 26.0 Å². The molecule has 18 heavy (non-hydrogen) atoms. The van der Waals surface area contributed by atoms with Gasteiger partial charge in [-0.1, -0.05) is 6.07 Å². The van der Waals surface area contributed by atoms with Crippen molar-refractivity contribution in [1.82, 2.24) is 5.43 Å². The largest absolute Gasteiger partial charge is 0.496 e. The van der Waals surface area contributed by atoms with Crippen LogP contribution in [0.4, 0.5) is 13.2 Å². The molecule has 1 aromatic rings. The van der Waals surface area contributed by atoms with Crippen LogP contribution >= 0.6 is 0 Å². The van der Waals surface area contributed by atoms with Crippen LogP contribution < -0.4 is 16.0 Å². The lowest BCUT2D eigenvalue weighted by atomic mass is 9.96. The number of rotatable bonds is 4. The van der Waals surface area contributed by atoms with Gasteiger partial charge >= 0.3 is 6.18 Å². The molecule has 3 N–H and O–H groups in total. The summed E-state index contributed by atoms with van der Waals surface area (Å²) < 4.78 is 42.4. The number of nitrogens with one attached hydrogen (secondary N) is 1. The van der Waals surface area contributed by atoms with Crippen LogP contribution in [0.2, 0.25) is 0 Å². The minimum absolute atomic E-state index is 0.535. The number of hydrogen-bond acceptors (Lipinski definition) is 3. The summed E-state index contributed by atoms with van der Waals surface area (Å²) in [6, 6.07) is 2.44. The highest BCUT2D eigenvalue weighted by molar-refractivity contribution is 5.42. The van der Waals surface area contributed by atoms with Gasteiger partial charge in [-0.2, -0.15) is 13.2 Å². The van der Waals surface area contributed by atoms with E-state index in [0.29, 0.717) is 16.9 Å². The van der Waals surface area contributed by atoms with Crippen LogP contribution in [0, 0.1) is 13.8 Å². The standard InChI is InChI=1S/C12H17F3N2O/c1-7-5-11(18-3)8(2)4-9(7)10(17-16)6-12(13,14)15/h4-5,10,17H,6,16H2,1-3H3. The van der Waals surface area contributed by atoms with Crippen LogP contribution in [0.15, 0.2) is 12.1 Å². The van der Waals surface area contributed by atoms with E-state index in [2.05, 4.69) is 5.43 Å². The highest BCUT2D eigenvalue weighted by Crippen LogP contribution is 2.33. The predicted octanol–water partition coefficient (Wildman–Crippen LogP) is 2.77. The van der Waals surface area contributed by atoms with E-state index in [9.17, 15) is 13.2 Å². The lowest BCUT2D eigenvalue weighted by Crippen LogP contribution is -2.32. The van der Waals surface area contributed by atoms with Crippen molar-refractivity contribution in [2.75, 3.05) is 7.11 Å². The third-order valence-corrected chi connectivity index (χ3v) is 2.80. The molecule has 0 amide bonds. The normalized spacial score (nSPS) is 13.5. The van der Waals surface area contributed by atoms with Crippen molar-refractivity contribution in [2.45, 2.75) is 32.5 Å². The molecule has 0 fully saturated rings. The molecule has 0 aliphatic rings. The predicted molar refractivity (Wildman–Crippen MR) is 63.2 cm³/mol. The molecule has 3 nitrogen and oxygen atoms in total. The zero-order valence-corrected chi connectivity index (χ0v) is 10.6.